The second kappa shape index (κ2) is 9.04. The van der Waals surface area contributed by atoms with Crippen LogP contribution in [-0.4, -0.2) is 32.6 Å². The highest BCUT2D eigenvalue weighted by Crippen LogP contribution is 2.22. The van der Waals surface area contributed by atoms with Gasteiger partial charge in [-0.05, 0) is 55.5 Å². The molecule has 1 N–H and O–H groups in total. The zero-order valence-corrected chi connectivity index (χ0v) is 16.7. The average Bonchev–Trinajstić information content (AvgIpc) is 2.80. The van der Waals surface area contributed by atoms with Crippen molar-refractivity contribution in [3.8, 4) is 5.75 Å². The van der Waals surface area contributed by atoms with Crippen molar-refractivity contribution >= 4 is 28.4 Å². The number of fused-ring (bicyclic) bond motifs is 1. The van der Waals surface area contributed by atoms with Gasteiger partial charge < -0.3 is 14.8 Å². The monoisotopic (exact) mass is 417 g/mol. The number of esters is 1. The van der Waals surface area contributed by atoms with Crippen LogP contribution in [0.15, 0.2) is 71.7 Å². The Morgan fingerprint density at radius 2 is 1.87 bits per heavy atom. The molecule has 9 nitrogen and oxygen atoms in total. The van der Waals surface area contributed by atoms with E-state index in [9.17, 15) is 9.59 Å². The van der Waals surface area contributed by atoms with Gasteiger partial charge in [-0.25, -0.2) is 9.78 Å². The fourth-order valence-corrected chi connectivity index (χ4v) is 2.91. The number of nitrogens with zero attached hydrogens (tertiary/aromatic N) is 4. The van der Waals surface area contributed by atoms with E-state index in [1.54, 1.807) is 42.6 Å². The molecule has 0 spiro atoms. The first-order valence-electron chi connectivity index (χ1n) is 9.60. The Morgan fingerprint density at radius 3 is 2.68 bits per heavy atom. The predicted molar refractivity (Wildman–Crippen MR) is 114 cm³/mol. The van der Waals surface area contributed by atoms with Gasteiger partial charge in [-0.3, -0.25) is 4.79 Å². The minimum atomic E-state index is -0.650. The van der Waals surface area contributed by atoms with Crippen LogP contribution in [0.5, 0.6) is 5.75 Å². The quantitative estimate of drug-likeness (QED) is 0.457. The molecular formula is C22H19N5O4. The van der Waals surface area contributed by atoms with Crippen molar-refractivity contribution in [3.63, 3.8) is 0 Å². The van der Waals surface area contributed by atoms with Crippen LogP contribution >= 0.6 is 0 Å². The zero-order chi connectivity index (χ0) is 21.6. The first-order valence-corrected chi connectivity index (χ1v) is 9.60. The molecule has 2 aromatic carbocycles. The highest BCUT2D eigenvalue weighted by atomic mass is 16.5. The number of hydrogen-bond donors (Lipinski definition) is 1. The lowest BCUT2D eigenvalue weighted by Crippen LogP contribution is -2.26. The summed E-state index contributed by atoms with van der Waals surface area (Å²) < 4.78 is 11.7. The largest absolute Gasteiger partial charge is 0.494 e. The Hall–Kier alpha value is -4.27. The lowest BCUT2D eigenvalue weighted by molar-refractivity contribution is 0.0337. The molecular weight excluding hydrogens is 398 g/mol. The molecule has 0 bridgehead atoms. The number of hydrogen-bond acceptors (Lipinski definition) is 8. The smallest absolute Gasteiger partial charge is 0.343 e. The Morgan fingerprint density at radius 1 is 1.06 bits per heavy atom. The summed E-state index contributed by atoms with van der Waals surface area (Å²) >= 11 is 0. The molecule has 31 heavy (non-hydrogen) atoms. The van der Waals surface area contributed by atoms with E-state index in [4.69, 9.17) is 9.47 Å². The molecule has 156 valence electrons. The van der Waals surface area contributed by atoms with Crippen LogP contribution in [0.1, 0.15) is 17.3 Å². The predicted octanol–water partition coefficient (Wildman–Crippen LogP) is 3.14. The molecule has 9 heteroatoms. The minimum Gasteiger partial charge on any atom is -0.494 e. The van der Waals surface area contributed by atoms with E-state index in [1.807, 2.05) is 31.2 Å². The van der Waals surface area contributed by atoms with Gasteiger partial charge in [0.05, 0.1) is 12.0 Å². The molecule has 4 rings (SSSR count). The Balaban J connectivity index is 1.49. The molecule has 0 aliphatic carbocycles. The number of anilines is 2. The summed E-state index contributed by atoms with van der Waals surface area (Å²) in [5.41, 5.74) is 1.03. The van der Waals surface area contributed by atoms with Crippen LogP contribution < -0.4 is 15.6 Å². The summed E-state index contributed by atoms with van der Waals surface area (Å²) in [5.74, 6) is 0.424. The summed E-state index contributed by atoms with van der Waals surface area (Å²) in [6, 6.07) is 17.3. The number of nitrogens with one attached hydrogen (secondary N) is 1. The molecule has 0 amide bonds. The van der Waals surface area contributed by atoms with Crippen LogP contribution in [0.2, 0.25) is 0 Å². The van der Waals surface area contributed by atoms with Gasteiger partial charge in [0.25, 0.3) is 5.56 Å². The van der Waals surface area contributed by atoms with Gasteiger partial charge in [0, 0.05) is 11.9 Å². The summed E-state index contributed by atoms with van der Waals surface area (Å²) in [7, 11) is 0. The number of rotatable bonds is 7. The van der Waals surface area contributed by atoms with Gasteiger partial charge in [-0.1, -0.05) is 17.3 Å². The maximum atomic E-state index is 12.7. The van der Waals surface area contributed by atoms with Gasteiger partial charge in [-0.2, -0.15) is 4.68 Å². The average molecular weight is 417 g/mol. The molecule has 0 fully saturated rings. The number of benzene rings is 2. The second-order valence-corrected chi connectivity index (χ2v) is 6.45. The van der Waals surface area contributed by atoms with E-state index < -0.39 is 11.5 Å². The summed E-state index contributed by atoms with van der Waals surface area (Å²) in [5, 5.41) is 11.3. The fourth-order valence-electron chi connectivity index (χ4n) is 2.91. The summed E-state index contributed by atoms with van der Waals surface area (Å²) in [6.45, 7) is 2.12. The molecule has 4 aromatic rings. The minimum absolute atomic E-state index is 0.221. The van der Waals surface area contributed by atoms with E-state index in [2.05, 4.69) is 20.6 Å². The number of pyridine rings is 1. The van der Waals surface area contributed by atoms with Gasteiger partial charge in [0.2, 0.25) is 0 Å². The van der Waals surface area contributed by atoms with Crippen molar-refractivity contribution in [2.24, 2.45) is 0 Å². The zero-order valence-electron chi connectivity index (χ0n) is 16.7. The van der Waals surface area contributed by atoms with Crippen molar-refractivity contribution in [3.05, 3.63) is 82.8 Å². The third kappa shape index (κ3) is 4.50. The molecule has 0 unspecified atom stereocenters. The Bertz CT molecular complexity index is 1270. The summed E-state index contributed by atoms with van der Waals surface area (Å²) in [4.78, 5) is 29.4. The van der Waals surface area contributed by atoms with Crippen molar-refractivity contribution in [2.75, 3.05) is 11.9 Å². The van der Waals surface area contributed by atoms with E-state index in [-0.39, 0.29) is 12.3 Å². The third-order valence-corrected chi connectivity index (χ3v) is 4.40. The lowest BCUT2D eigenvalue weighted by atomic mass is 10.2. The van der Waals surface area contributed by atoms with E-state index in [0.29, 0.717) is 23.3 Å². The standard InChI is InChI=1S/C22H19N5O4/c1-2-30-16-11-9-15(10-12-16)24-20-18(7-5-13-23-20)22(29)31-14-27-21(28)17-6-3-4-8-19(17)25-26-27/h3-13H,2,14H2,1H3,(H,23,24). The molecule has 0 saturated carbocycles. The van der Waals surface area contributed by atoms with Crippen LogP contribution in [0, 0.1) is 0 Å². The topological polar surface area (TPSA) is 108 Å². The van der Waals surface area contributed by atoms with Gasteiger partial charge >= 0.3 is 5.97 Å². The SMILES string of the molecule is CCOc1ccc(Nc2ncccc2C(=O)OCn2nnc3ccccc3c2=O)cc1. The normalized spacial score (nSPS) is 10.6. The van der Waals surface area contributed by atoms with Crippen molar-refractivity contribution in [1.82, 2.24) is 20.0 Å². The van der Waals surface area contributed by atoms with Gasteiger partial charge in [0.1, 0.15) is 22.6 Å². The molecule has 2 heterocycles. The maximum Gasteiger partial charge on any atom is 0.343 e. The molecule has 0 aliphatic rings. The van der Waals surface area contributed by atoms with E-state index in [1.165, 1.54) is 0 Å². The first kappa shape index (κ1) is 20.0. The van der Waals surface area contributed by atoms with Crippen LogP contribution in [0.4, 0.5) is 11.5 Å². The number of carbonyl (C=O) groups is 1. The molecule has 0 atom stereocenters. The Kier molecular flexibility index (Phi) is 5.84. The summed E-state index contributed by atoms with van der Waals surface area (Å²) in [6.07, 6.45) is 1.56. The number of ether oxygens (including phenoxy) is 2. The van der Waals surface area contributed by atoms with Crippen LogP contribution in [-0.2, 0) is 11.5 Å². The van der Waals surface area contributed by atoms with Crippen LogP contribution in [0.3, 0.4) is 0 Å². The van der Waals surface area contributed by atoms with Crippen molar-refractivity contribution < 1.29 is 14.3 Å². The van der Waals surface area contributed by atoms with Crippen molar-refractivity contribution in [2.45, 2.75) is 13.7 Å². The number of aromatic nitrogens is 4. The van der Waals surface area contributed by atoms with Gasteiger partial charge in [-0.15, -0.1) is 5.10 Å². The highest BCUT2D eigenvalue weighted by molar-refractivity contribution is 5.95. The highest BCUT2D eigenvalue weighted by Gasteiger charge is 2.15. The maximum absolute atomic E-state index is 12.7. The lowest BCUT2D eigenvalue weighted by Gasteiger charge is -2.11. The Labute approximate surface area is 177 Å². The molecule has 0 aliphatic heterocycles. The van der Waals surface area contributed by atoms with Crippen LogP contribution in [0.25, 0.3) is 10.9 Å². The van der Waals surface area contributed by atoms with E-state index >= 15 is 0 Å². The molecule has 0 saturated heterocycles. The van der Waals surface area contributed by atoms with E-state index in [0.717, 1.165) is 16.1 Å². The fraction of sp³-hybridized carbons (Fsp3) is 0.136. The van der Waals surface area contributed by atoms with Crippen molar-refractivity contribution in [1.29, 1.82) is 0 Å². The first-order chi connectivity index (χ1) is 15.2. The second-order valence-electron chi connectivity index (χ2n) is 6.45. The van der Waals surface area contributed by atoms with Gasteiger partial charge in [0.15, 0.2) is 6.73 Å². The molecule has 0 radical (unpaired) electrons. The third-order valence-electron chi connectivity index (χ3n) is 4.40. The molecule has 2 aromatic heterocycles. The number of carbonyl (C=O) groups excluding carboxylic acids is 1.